The van der Waals surface area contributed by atoms with Crippen molar-refractivity contribution in [1.29, 1.82) is 0 Å². The van der Waals surface area contributed by atoms with E-state index in [2.05, 4.69) is 4.98 Å². The Morgan fingerprint density at radius 3 is 2.94 bits per heavy atom. The van der Waals surface area contributed by atoms with Gasteiger partial charge in [0.2, 0.25) is 0 Å². The van der Waals surface area contributed by atoms with Gasteiger partial charge in [0.1, 0.15) is 5.65 Å². The van der Waals surface area contributed by atoms with E-state index in [0.29, 0.717) is 17.9 Å². The minimum absolute atomic E-state index is 0.144. The fourth-order valence-electron chi connectivity index (χ4n) is 1.86. The highest BCUT2D eigenvalue weighted by atomic mass is 16.5. The Hall–Kier alpha value is -2.17. The van der Waals surface area contributed by atoms with Gasteiger partial charge in [-0.25, -0.2) is 4.98 Å². The average Bonchev–Trinajstić information content (AvgIpc) is 2.72. The van der Waals surface area contributed by atoms with Crippen LogP contribution >= 0.6 is 0 Å². The summed E-state index contributed by atoms with van der Waals surface area (Å²) < 4.78 is 6.63. The van der Waals surface area contributed by atoms with Crippen molar-refractivity contribution >= 4 is 17.9 Å². The largest absolute Gasteiger partial charge is 0.466 e. The summed E-state index contributed by atoms with van der Waals surface area (Å²) in [5, 5.41) is 0. The number of hydrogen-bond acceptors (Lipinski definition) is 4. The quantitative estimate of drug-likeness (QED) is 0.606. The van der Waals surface area contributed by atoms with Gasteiger partial charge < -0.3 is 9.14 Å². The molecule has 2 heterocycles. The molecular formula is C13H14N2O3. The summed E-state index contributed by atoms with van der Waals surface area (Å²) >= 11 is 0. The van der Waals surface area contributed by atoms with Gasteiger partial charge in [0, 0.05) is 18.0 Å². The average molecular weight is 246 g/mol. The number of carbonyl (C=O) groups is 2. The number of esters is 1. The van der Waals surface area contributed by atoms with E-state index in [0.717, 1.165) is 17.5 Å². The molecule has 0 saturated carbocycles. The summed E-state index contributed by atoms with van der Waals surface area (Å²) in [7, 11) is 0. The second kappa shape index (κ2) is 5.00. The molecule has 0 aliphatic rings. The van der Waals surface area contributed by atoms with E-state index in [1.807, 2.05) is 6.92 Å². The number of pyridine rings is 1. The van der Waals surface area contributed by atoms with Crippen LogP contribution in [0.3, 0.4) is 0 Å². The maximum Gasteiger partial charge on any atom is 0.311 e. The molecule has 0 radical (unpaired) electrons. The predicted octanol–water partition coefficient (Wildman–Crippen LogP) is 1.56. The highest BCUT2D eigenvalue weighted by Gasteiger charge is 2.10. The maximum atomic E-state index is 11.4. The van der Waals surface area contributed by atoms with Crippen molar-refractivity contribution in [1.82, 2.24) is 9.38 Å². The molecule has 5 heteroatoms. The normalized spacial score (nSPS) is 10.6. The van der Waals surface area contributed by atoms with E-state index >= 15 is 0 Å². The SMILES string of the molecule is CCOC(=O)Cc1cn2cc(C=O)cc(C)c2n1. The van der Waals surface area contributed by atoms with Gasteiger partial charge in [-0.2, -0.15) is 0 Å². The fraction of sp³-hybridized carbons (Fsp3) is 0.308. The Bertz CT molecular complexity index is 602. The van der Waals surface area contributed by atoms with Gasteiger partial charge in [0.15, 0.2) is 6.29 Å². The lowest BCUT2D eigenvalue weighted by atomic mass is 10.2. The molecule has 2 aromatic rings. The molecule has 0 saturated heterocycles. The first kappa shape index (κ1) is 12.3. The molecule has 2 rings (SSSR count). The molecule has 0 aliphatic heterocycles. The van der Waals surface area contributed by atoms with E-state index in [-0.39, 0.29) is 12.4 Å². The number of imidazole rings is 1. The van der Waals surface area contributed by atoms with E-state index in [1.165, 1.54) is 0 Å². The van der Waals surface area contributed by atoms with Crippen LogP contribution in [0.2, 0.25) is 0 Å². The summed E-state index contributed by atoms with van der Waals surface area (Å²) in [5.74, 6) is -0.297. The molecule has 0 amide bonds. The number of carbonyl (C=O) groups excluding carboxylic acids is 2. The van der Waals surface area contributed by atoms with Gasteiger partial charge in [-0.05, 0) is 25.5 Å². The van der Waals surface area contributed by atoms with Gasteiger partial charge in [-0.3, -0.25) is 9.59 Å². The van der Waals surface area contributed by atoms with Crippen LogP contribution in [0, 0.1) is 6.92 Å². The zero-order valence-electron chi connectivity index (χ0n) is 10.3. The van der Waals surface area contributed by atoms with Gasteiger partial charge in [0.25, 0.3) is 0 Å². The maximum absolute atomic E-state index is 11.4. The molecule has 18 heavy (non-hydrogen) atoms. The summed E-state index contributed by atoms with van der Waals surface area (Å²) in [5.41, 5.74) is 2.87. The zero-order chi connectivity index (χ0) is 13.1. The van der Waals surface area contributed by atoms with Gasteiger partial charge in [-0.15, -0.1) is 0 Å². The number of rotatable bonds is 4. The third-order valence-corrected chi connectivity index (χ3v) is 2.57. The molecule has 5 nitrogen and oxygen atoms in total. The Kier molecular flexibility index (Phi) is 3.41. The molecule has 0 aromatic carbocycles. The monoisotopic (exact) mass is 246 g/mol. The van der Waals surface area contributed by atoms with E-state index < -0.39 is 0 Å². The standard InChI is InChI=1S/C13H14N2O3/c1-3-18-12(17)5-11-7-15-6-10(8-16)4-9(2)13(15)14-11/h4,6-8H,3,5H2,1-2H3. The lowest BCUT2D eigenvalue weighted by Crippen LogP contribution is -2.07. The fourth-order valence-corrected chi connectivity index (χ4v) is 1.86. The summed E-state index contributed by atoms with van der Waals surface area (Å²) in [6, 6.07) is 1.77. The van der Waals surface area contributed by atoms with Gasteiger partial charge >= 0.3 is 5.97 Å². The van der Waals surface area contributed by atoms with Crippen LogP contribution in [0.1, 0.15) is 28.5 Å². The van der Waals surface area contributed by atoms with Crippen LogP contribution in [0.25, 0.3) is 5.65 Å². The number of aldehydes is 1. The number of fused-ring (bicyclic) bond motifs is 1. The van der Waals surface area contributed by atoms with Crippen molar-refractivity contribution in [2.24, 2.45) is 0 Å². The lowest BCUT2D eigenvalue weighted by molar-refractivity contribution is -0.142. The minimum Gasteiger partial charge on any atom is -0.466 e. The predicted molar refractivity (Wildman–Crippen MR) is 65.7 cm³/mol. The summed E-state index contributed by atoms with van der Waals surface area (Å²) in [6.07, 6.45) is 4.37. The molecule has 94 valence electrons. The molecule has 0 bridgehead atoms. The third-order valence-electron chi connectivity index (χ3n) is 2.57. The van der Waals surface area contributed by atoms with Crippen LogP contribution in [0.15, 0.2) is 18.5 Å². The molecule has 0 unspecified atom stereocenters. The molecule has 2 aromatic heterocycles. The Morgan fingerprint density at radius 1 is 1.50 bits per heavy atom. The second-order valence-corrected chi connectivity index (χ2v) is 4.02. The second-order valence-electron chi connectivity index (χ2n) is 4.02. The van der Waals surface area contributed by atoms with Crippen molar-refractivity contribution in [3.05, 3.63) is 35.3 Å². The third kappa shape index (κ3) is 2.40. The molecule has 0 fully saturated rings. The smallest absolute Gasteiger partial charge is 0.311 e. The van der Waals surface area contributed by atoms with Crippen molar-refractivity contribution in [3.8, 4) is 0 Å². The molecule has 0 N–H and O–H groups in total. The number of aromatic nitrogens is 2. The van der Waals surface area contributed by atoms with Gasteiger partial charge in [-0.1, -0.05) is 0 Å². The van der Waals surface area contributed by atoms with Crippen LogP contribution in [-0.4, -0.2) is 28.2 Å². The van der Waals surface area contributed by atoms with Crippen LogP contribution in [0.4, 0.5) is 0 Å². The summed E-state index contributed by atoms with van der Waals surface area (Å²) in [4.78, 5) is 26.5. The zero-order valence-corrected chi connectivity index (χ0v) is 10.3. The molecule has 0 aliphatic carbocycles. The van der Waals surface area contributed by atoms with Crippen LogP contribution < -0.4 is 0 Å². The first-order chi connectivity index (χ1) is 8.63. The molecular weight excluding hydrogens is 232 g/mol. The Balaban J connectivity index is 2.35. The molecule has 0 atom stereocenters. The van der Waals surface area contributed by atoms with Crippen LogP contribution in [-0.2, 0) is 16.0 Å². The summed E-state index contributed by atoms with van der Waals surface area (Å²) in [6.45, 7) is 4.01. The first-order valence-corrected chi connectivity index (χ1v) is 5.73. The Morgan fingerprint density at radius 2 is 2.28 bits per heavy atom. The topological polar surface area (TPSA) is 60.7 Å². The van der Waals surface area contributed by atoms with Crippen molar-refractivity contribution in [2.75, 3.05) is 6.61 Å². The van der Waals surface area contributed by atoms with Crippen molar-refractivity contribution in [3.63, 3.8) is 0 Å². The number of hydrogen-bond donors (Lipinski definition) is 0. The van der Waals surface area contributed by atoms with Crippen molar-refractivity contribution in [2.45, 2.75) is 20.3 Å². The first-order valence-electron chi connectivity index (χ1n) is 5.73. The van der Waals surface area contributed by atoms with E-state index in [9.17, 15) is 9.59 Å². The lowest BCUT2D eigenvalue weighted by Gasteiger charge is -1.98. The Labute approximate surface area is 104 Å². The highest BCUT2D eigenvalue weighted by molar-refractivity contribution is 5.76. The molecule has 0 spiro atoms. The number of nitrogens with zero attached hydrogens (tertiary/aromatic N) is 2. The number of ether oxygens (including phenoxy) is 1. The van der Waals surface area contributed by atoms with Crippen LogP contribution in [0.5, 0.6) is 0 Å². The van der Waals surface area contributed by atoms with E-state index in [1.54, 1.807) is 29.8 Å². The van der Waals surface area contributed by atoms with E-state index in [4.69, 9.17) is 4.74 Å². The number of aryl methyl sites for hydroxylation is 1. The van der Waals surface area contributed by atoms with Gasteiger partial charge in [0.05, 0.1) is 18.7 Å². The highest BCUT2D eigenvalue weighted by Crippen LogP contribution is 2.13. The van der Waals surface area contributed by atoms with Crippen molar-refractivity contribution < 1.29 is 14.3 Å². The minimum atomic E-state index is -0.297.